The maximum Gasteiger partial charge on any atom is 0.396 e. The summed E-state index contributed by atoms with van der Waals surface area (Å²) in [7, 11) is 0. The minimum Gasteiger partial charge on any atom is -1.00 e. The van der Waals surface area contributed by atoms with Gasteiger partial charge in [0.05, 0.1) is 0 Å². The highest BCUT2D eigenvalue weighted by Gasteiger charge is 2.01. The third-order valence-corrected chi connectivity index (χ3v) is 1.24. The van der Waals surface area contributed by atoms with Gasteiger partial charge in [-0.1, -0.05) is 0 Å². The van der Waals surface area contributed by atoms with Crippen LogP contribution in [0.1, 0.15) is 0 Å². The lowest BCUT2D eigenvalue weighted by molar-refractivity contribution is -0.00000254. The fourth-order valence-corrected chi connectivity index (χ4v) is 0.785. The van der Waals surface area contributed by atoms with Gasteiger partial charge in [-0.25, -0.2) is 14.4 Å². The topological polar surface area (TPSA) is 37.1 Å². The highest BCUT2D eigenvalue weighted by Crippen LogP contribution is 2.06. The molecule has 0 unspecified atom stereocenters. The summed E-state index contributed by atoms with van der Waals surface area (Å²) >= 11 is 0. The quantitative estimate of drug-likeness (QED) is 0.500. The van der Waals surface area contributed by atoms with Crippen LogP contribution in [0.3, 0.4) is 0 Å². The minimum atomic E-state index is 0. The average molecular weight is 213 g/mol. The Bertz CT molecular complexity index is 287. The molecule has 2 rings (SSSR count). The molecule has 4 heteroatoms. The maximum atomic E-state index is 5.09. The van der Waals surface area contributed by atoms with Crippen LogP contribution in [0, 0.1) is 0 Å². The van der Waals surface area contributed by atoms with Crippen molar-refractivity contribution in [1.29, 1.82) is 0 Å². The highest BCUT2D eigenvalue weighted by atomic mass is 79.9. The van der Waals surface area contributed by atoms with Crippen LogP contribution in [0.15, 0.2) is 35.3 Å². The van der Waals surface area contributed by atoms with Crippen LogP contribution in [-0.4, -0.2) is 9.97 Å². The Hall–Kier alpha value is -1.03. The zero-order valence-corrected chi connectivity index (χ0v) is 7.15. The fourth-order valence-electron chi connectivity index (χ4n) is 0.785. The average Bonchev–Trinajstić information content (AvgIpc) is 2.05. The lowest BCUT2D eigenvalue weighted by Crippen LogP contribution is -3.00. The van der Waals surface area contributed by atoms with E-state index in [0.29, 0.717) is 5.58 Å². The van der Waals surface area contributed by atoms with Crippen molar-refractivity contribution in [2.75, 3.05) is 0 Å². The van der Waals surface area contributed by atoms with E-state index in [9.17, 15) is 0 Å². The Kier molecular flexibility index (Phi) is 2.48. The number of nitrogens with zero attached hydrogens (tertiary/aromatic N) is 2. The molecule has 0 N–H and O–H groups in total. The summed E-state index contributed by atoms with van der Waals surface area (Å²) in [6.45, 7) is 0. The van der Waals surface area contributed by atoms with Gasteiger partial charge in [-0.15, -0.1) is 0 Å². The van der Waals surface area contributed by atoms with Gasteiger partial charge in [0.1, 0.15) is 12.5 Å². The summed E-state index contributed by atoms with van der Waals surface area (Å²) in [5.74, 6) is 0. The zero-order valence-electron chi connectivity index (χ0n) is 5.57. The van der Waals surface area contributed by atoms with Gasteiger partial charge >= 0.3 is 11.8 Å². The molecule has 3 nitrogen and oxygen atoms in total. The van der Waals surface area contributed by atoms with Crippen molar-refractivity contribution in [2.45, 2.75) is 0 Å². The Balaban J connectivity index is 0.000000605. The van der Waals surface area contributed by atoms with Gasteiger partial charge in [-0.2, -0.15) is 0 Å². The van der Waals surface area contributed by atoms with Crippen LogP contribution in [-0.2, 0) is 0 Å². The van der Waals surface area contributed by atoms with Crippen LogP contribution in [0.4, 0.5) is 0 Å². The van der Waals surface area contributed by atoms with Crippen LogP contribution < -0.4 is 17.0 Å². The smallest absolute Gasteiger partial charge is 0.396 e. The molecule has 0 aromatic carbocycles. The van der Waals surface area contributed by atoms with E-state index in [1.807, 2.05) is 6.07 Å². The van der Waals surface area contributed by atoms with Gasteiger partial charge in [0.15, 0.2) is 5.52 Å². The second kappa shape index (κ2) is 3.39. The first kappa shape index (κ1) is 8.07. The molecule has 0 amide bonds. The molecule has 2 heterocycles. The summed E-state index contributed by atoms with van der Waals surface area (Å²) < 4.78 is 5.09. The normalized spacial score (nSPS) is 9.09. The van der Waals surface area contributed by atoms with E-state index < -0.39 is 0 Å². The summed E-state index contributed by atoms with van der Waals surface area (Å²) in [5, 5.41) is 0. The molecule has 2 aromatic heterocycles. The van der Waals surface area contributed by atoms with E-state index in [0.717, 1.165) is 5.52 Å². The Labute approximate surface area is 73.9 Å². The maximum absolute atomic E-state index is 5.09. The van der Waals surface area contributed by atoms with Gasteiger partial charge in [-0.05, 0) is 6.07 Å². The van der Waals surface area contributed by atoms with Gasteiger partial charge < -0.3 is 17.0 Å². The second-order valence-corrected chi connectivity index (χ2v) is 1.89. The van der Waals surface area contributed by atoms with Crippen molar-refractivity contribution < 1.29 is 21.4 Å². The molecule has 2 aromatic rings. The summed E-state index contributed by atoms with van der Waals surface area (Å²) in [5.41, 5.74) is 1.54. The second-order valence-electron chi connectivity index (χ2n) is 1.89. The van der Waals surface area contributed by atoms with Gasteiger partial charge in [0, 0.05) is 6.07 Å². The SMILES string of the molecule is [Br-].c1c[o+]c2cncnc2c1. The fraction of sp³-hybridized carbons (Fsp3) is 0. The van der Waals surface area contributed by atoms with Crippen LogP contribution in [0.25, 0.3) is 11.1 Å². The number of fused-ring (bicyclic) bond motifs is 1. The molecule has 0 radical (unpaired) electrons. The molecule has 0 aliphatic heterocycles. The minimum absolute atomic E-state index is 0. The predicted octanol–water partition coefficient (Wildman–Crippen LogP) is -1.49. The van der Waals surface area contributed by atoms with E-state index in [2.05, 4.69) is 9.97 Å². The first-order chi connectivity index (χ1) is 4.97. The molecule has 0 fully saturated rings. The number of rotatable bonds is 0. The molecule has 0 saturated carbocycles. The number of aromatic nitrogens is 2. The molecule has 0 bridgehead atoms. The molecule has 0 atom stereocenters. The van der Waals surface area contributed by atoms with Crippen molar-refractivity contribution in [1.82, 2.24) is 9.97 Å². The van der Waals surface area contributed by atoms with Gasteiger partial charge in [0.2, 0.25) is 0 Å². The lowest BCUT2D eigenvalue weighted by atomic mass is 10.4. The molecule has 56 valence electrons. The largest absolute Gasteiger partial charge is 1.00 e. The molecule has 0 aliphatic rings. The summed E-state index contributed by atoms with van der Waals surface area (Å²) in [6.07, 6.45) is 4.74. The van der Waals surface area contributed by atoms with Crippen molar-refractivity contribution >= 4 is 11.1 Å². The van der Waals surface area contributed by atoms with Crippen LogP contribution in [0.2, 0.25) is 0 Å². The van der Waals surface area contributed by atoms with Crippen LogP contribution in [0.5, 0.6) is 0 Å². The Morgan fingerprint density at radius 3 is 3.09 bits per heavy atom. The first-order valence-electron chi connectivity index (χ1n) is 2.93. The predicted molar refractivity (Wildman–Crippen MR) is 36.2 cm³/mol. The third-order valence-electron chi connectivity index (χ3n) is 1.24. The highest BCUT2D eigenvalue weighted by molar-refractivity contribution is 5.69. The standard InChI is InChI=1S/C7H5N2O.BrH/c1-2-6-7(10-3-1)4-8-5-9-6;/h1-5H;1H/q+1;/p-1. The molecule has 0 saturated heterocycles. The molecule has 11 heavy (non-hydrogen) atoms. The van der Waals surface area contributed by atoms with Crippen molar-refractivity contribution in [2.24, 2.45) is 0 Å². The van der Waals surface area contributed by atoms with Gasteiger partial charge in [0.25, 0.3) is 0 Å². The molecular weight excluding hydrogens is 208 g/mol. The number of hydrogen-bond donors (Lipinski definition) is 0. The van der Waals surface area contributed by atoms with E-state index in [4.69, 9.17) is 4.42 Å². The lowest BCUT2D eigenvalue weighted by Gasteiger charge is -1.80. The summed E-state index contributed by atoms with van der Waals surface area (Å²) in [6, 6.07) is 3.68. The monoisotopic (exact) mass is 212 g/mol. The van der Waals surface area contributed by atoms with E-state index in [-0.39, 0.29) is 17.0 Å². The Morgan fingerprint density at radius 1 is 1.36 bits per heavy atom. The zero-order chi connectivity index (χ0) is 6.81. The van der Waals surface area contributed by atoms with Crippen molar-refractivity contribution in [3.05, 3.63) is 30.9 Å². The molecule has 0 aliphatic carbocycles. The van der Waals surface area contributed by atoms with E-state index in [1.54, 1.807) is 18.5 Å². The first-order valence-corrected chi connectivity index (χ1v) is 2.93. The number of hydrogen-bond acceptors (Lipinski definition) is 2. The molecule has 0 spiro atoms. The number of halogens is 1. The van der Waals surface area contributed by atoms with Crippen LogP contribution >= 0.6 is 0 Å². The third kappa shape index (κ3) is 1.51. The van der Waals surface area contributed by atoms with E-state index >= 15 is 0 Å². The molecular formula is C7H5BrN2O. The van der Waals surface area contributed by atoms with E-state index in [1.165, 1.54) is 6.33 Å². The van der Waals surface area contributed by atoms with Crippen molar-refractivity contribution in [3.8, 4) is 0 Å². The van der Waals surface area contributed by atoms with Gasteiger partial charge in [-0.3, -0.25) is 0 Å². The Morgan fingerprint density at radius 2 is 2.27 bits per heavy atom. The van der Waals surface area contributed by atoms with Crippen molar-refractivity contribution in [3.63, 3.8) is 0 Å². The summed E-state index contributed by atoms with van der Waals surface area (Å²) in [4.78, 5) is 7.78.